The Hall–Kier alpha value is -2.98. The van der Waals surface area contributed by atoms with Crippen LogP contribution in [-0.4, -0.2) is 84.5 Å². The Morgan fingerprint density at radius 3 is 2.28 bits per heavy atom. The summed E-state index contributed by atoms with van der Waals surface area (Å²) in [7, 11) is 0. The van der Waals surface area contributed by atoms with E-state index in [0.717, 1.165) is 73.7 Å². The molecule has 0 aromatic heterocycles. The van der Waals surface area contributed by atoms with Gasteiger partial charge in [-0.05, 0) is 101 Å². The largest absolute Gasteiger partial charge is 0.471 e. The summed E-state index contributed by atoms with van der Waals surface area (Å²) >= 11 is 0. The summed E-state index contributed by atoms with van der Waals surface area (Å²) in [6.07, 6.45) is -0.204. The zero-order valence-corrected chi connectivity index (χ0v) is 24.9. The van der Waals surface area contributed by atoms with Gasteiger partial charge in [-0.3, -0.25) is 14.5 Å². The molecule has 0 N–H and O–H groups in total. The van der Waals surface area contributed by atoms with Crippen LogP contribution in [0.1, 0.15) is 49.7 Å². The van der Waals surface area contributed by atoms with Crippen molar-refractivity contribution in [1.82, 2.24) is 14.7 Å². The van der Waals surface area contributed by atoms with Crippen LogP contribution in [-0.2, 0) is 16.1 Å². The van der Waals surface area contributed by atoms with Crippen LogP contribution in [0.15, 0.2) is 48.5 Å². The van der Waals surface area contributed by atoms with Crippen molar-refractivity contribution in [2.45, 2.75) is 64.2 Å². The Kier molecular flexibility index (Phi) is 10.1. The lowest BCUT2D eigenvalue weighted by Gasteiger charge is -2.47. The monoisotopic (exact) mass is 602 g/mol. The maximum Gasteiger partial charge on any atom is 0.471 e. The second-order valence-electron chi connectivity index (χ2n) is 12.4. The van der Waals surface area contributed by atoms with Gasteiger partial charge in [0.1, 0.15) is 5.82 Å². The fourth-order valence-corrected chi connectivity index (χ4v) is 7.08. The van der Waals surface area contributed by atoms with Crippen LogP contribution in [0.2, 0.25) is 0 Å². The molecule has 2 atom stereocenters. The number of halogens is 4. The van der Waals surface area contributed by atoms with Gasteiger partial charge in [0, 0.05) is 50.4 Å². The number of piperidine rings is 3. The first-order valence-electron chi connectivity index (χ1n) is 15.5. The SMILES string of the molecule is Cc1ccc(N(CCCN2CCC3C(CCCN3Cc3ccc(F)cc3)C2)C(=O)C2CCN(C(=O)C(F)(F)F)CC2)cc1. The van der Waals surface area contributed by atoms with Gasteiger partial charge in [-0.2, -0.15) is 13.2 Å². The highest BCUT2D eigenvalue weighted by molar-refractivity contribution is 5.95. The molecule has 2 aromatic carbocycles. The van der Waals surface area contributed by atoms with Crippen LogP contribution in [0.4, 0.5) is 23.2 Å². The third kappa shape index (κ3) is 7.95. The minimum absolute atomic E-state index is 0.0645. The molecule has 2 amide bonds. The maximum absolute atomic E-state index is 13.7. The average Bonchev–Trinajstić information content (AvgIpc) is 3.00. The molecule has 3 fully saturated rings. The van der Waals surface area contributed by atoms with Crippen LogP contribution in [0.5, 0.6) is 0 Å². The Balaban J connectivity index is 1.15. The van der Waals surface area contributed by atoms with E-state index in [0.29, 0.717) is 18.5 Å². The van der Waals surface area contributed by atoms with Gasteiger partial charge in [-0.25, -0.2) is 4.39 Å². The van der Waals surface area contributed by atoms with Crippen molar-refractivity contribution in [2.24, 2.45) is 11.8 Å². The number of alkyl halides is 3. The number of hydrogen-bond acceptors (Lipinski definition) is 4. The highest BCUT2D eigenvalue weighted by Crippen LogP contribution is 2.32. The molecule has 10 heteroatoms. The molecular formula is C33H42F4N4O2. The van der Waals surface area contributed by atoms with Crippen molar-refractivity contribution in [3.8, 4) is 0 Å². The molecule has 3 heterocycles. The van der Waals surface area contributed by atoms with Gasteiger partial charge in [-0.1, -0.05) is 29.8 Å². The predicted molar refractivity (Wildman–Crippen MR) is 158 cm³/mol. The summed E-state index contributed by atoms with van der Waals surface area (Å²) in [5, 5.41) is 0. The smallest absolute Gasteiger partial charge is 0.335 e. The molecule has 3 saturated heterocycles. The summed E-state index contributed by atoms with van der Waals surface area (Å²) in [5.74, 6) is -1.94. The van der Waals surface area contributed by atoms with Gasteiger partial charge < -0.3 is 14.7 Å². The third-order valence-electron chi connectivity index (χ3n) is 9.41. The van der Waals surface area contributed by atoms with Gasteiger partial charge in [0.05, 0.1) is 0 Å². The van der Waals surface area contributed by atoms with Gasteiger partial charge >= 0.3 is 12.1 Å². The van der Waals surface area contributed by atoms with Crippen LogP contribution in [0, 0.1) is 24.6 Å². The molecule has 0 radical (unpaired) electrons. The fourth-order valence-electron chi connectivity index (χ4n) is 7.08. The van der Waals surface area contributed by atoms with Crippen molar-refractivity contribution >= 4 is 17.5 Å². The Bertz CT molecular complexity index is 1230. The van der Waals surface area contributed by atoms with E-state index in [-0.39, 0.29) is 37.7 Å². The summed E-state index contributed by atoms with van der Waals surface area (Å²) in [4.78, 5) is 33.0. The second-order valence-corrected chi connectivity index (χ2v) is 12.4. The number of carbonyl (C=O) groups is 2. The summed E-state index contributed by atoms with van der Waals surface area (Å²) in [5.41, 5.74) is 3.02. The summed E-state index contributed by atoms with van der Waals surface area (Å²) in [6.45, 7) is 7.18. The van der Waals surface area contributed by atoms with Crippen LogP contribution in [0.3, 0.4) is 0 Å². The molecule has 234 valence electrons. The van der Waals surface area contributed by atoms with Crippen molar-refractivity contribution in [3.63, 3.8) is 0 Å². The number of benzene rings is 2. The standard InChI is InChI=1S/C33H42F4N4O2/c1-24-5-11-29(12-6-24)41(31(42)26-13-20-39(21-14-26)32(43)33(35,36)37)18-3-16-38-19-15-30-27(23-38)4-2-17-40(30)22-25-7-9-28(34)10-8-25/h5-12,26-27,30H,2-4,13-23H2,1H3. The molecule has 0 bridgehead atoms. The molecule has 2 unspecified atom stereocenters. The number of nitrogens with zero attached hydrogens (tertiary/aromatic N) is 4. The summed E-state index contributed by atoms with van der Waals surface area (Å²) in [6, 6.07) is 15.1. The van der Waals surface area contributed by atoms with E-state index < -0.39 is 18.0 Å². The molecule has 6 nitrogen and oxygen atoms in total. The quantitative estimate of drug-likeness (QED) is 0.367. The number of fused-ring (bicyclic) bond motifs is 1. The Morgan fingerprint density at radius 2 is 1.60 bits per heavy atom. The van der Waals surface area contributed by atoms with Gasteiger partial charge in [-0.15, -0.1) is 0 Å². The first-order valence-corrected chi connectivity index (χ1v) is 15.5. The number of anilines is 1. The lowest BCUT2D eigenvalue weighted by molar-refractivity contribution is -0.186. The minimum atomic E-state index is -4.89. The van der Waals surface area contributed by atoms with E-state index in [9.17, 15) is 27.2 Å². The maximum atomic E-state index is 13.7. The lowest BCUT2D eigenvalue weighted by Crippen LogP contribution is -2.54. The predicted octanol–water partition coefficient (Wildman–Crippen LogP) is 5.64. The van der Waals surface area contributed by atoms with Crippen LogP contribution in [0.25, 0.3) is 0 Å². The molecule has 0 aliphatic carbocycles. The molecule has 3 aliphatic rings. The first kappa shape index (κ1) is 31.4. The van der Waals surface area contributed by atoms with Crippen LogP contribution >= 0.6 is 0 Å². The molecule has 0 spiro atoms. The van der Waals surface area contributed by atoms with E-state index >= 15 is 0 Å². The highest BCUT2D eigenvalue weighted by atomic mass is 19.4. The average molecular weight is 603 g/mol. The number of rotatable bonds is 8. The molecule has 0 saturated carbocycles. The molecule has 43 heavy (non-hydrogen) atoms. The number of hydrogen-bond donors (Lipinski definition) is 0. The van der Waals surface area contributed by atoms with E-state index in [1.165, 1.54) is 18.6 Å². The Labute approximate surface area is 251 Å². The van der Waals surface area contributed by atoms with E-state index in [1.54, 1.807) is 4.90 Å². The first-order chi connectivity index (χ1) is 20.6. The van der Waals surface area contributed by atoms with Gasteiger partial charge in [0.2, 0.25) is 5.91 Å². The highest BCUT2D eigenvalue weighted by Gasteiger charge is 2.44. The lowest BCUT2D eigenvalue weighted by atomic mass is 9.83. The van der Waals surface area contributed by atoms with E-state index in [2.05, 4.69) is 9.80 Å². The van der Waals surface area contributed by atoms with Crippen molar-refractivity contribution in [1.29, 1.82) is 0 Å². The molecule has 5 rings (SSSR count). The molecule has 3 aliphatic heterocycles. The number of aryl methyl sites for hydroxylation is 1. The van der Waals surface area contributed by atoms with Crippen LogP contribution < -0.4 is 4.90 Å². The number of likely N-dealkylation sites (tertiary alicyclic amines) is 3. The van der Waals surface area contributed by atoms with E-state index in [4.69, 9.17) is 0 Å². The van der Waals surface area contributed by atoms with Gasteiger partial charge in [0.15, 0.2) is 0 Å². The topological polar surface area (TPSA) is 47.1 Å². The second kappa shape index (κ2) is 13.8. The molecular weight excluding hydrogens is 560 g/mol. The fraction of sp³-hybridized carbons (Fsp3) is 0.576. The third-order valence-corrected chi connectivity index (χ3v) is 9.41. The zero-order chi connectivity index (χ0) is 30.6. The van der Waals surface area contributed by atoms with Crippen molar-refractivity contribution in [2.75, 3.05) is 50.7 Å². The normalized spacial score (nSPS) is 22.3. The number of carbonyl (C=O) groups excluding carboxylic acids is 2. The zero-order valence-electron chi connectivity index (χ0n) is 24.9. The summed E-state index contributed by atoms with van der Waals surface area (Å²) < 4.78 is 52.0. The number of amides is 2. The Morgan fingerprint density at radius 1 is 0.907 bits per heavy atom. The van der Waals surface area contributed by atoms with Gasteiger partial charge in [0.25, 0.3) is 0 Å². The minimum Gasteiger partial charge on any atom is -0.335 e. The van der Waals surface area contributed by atoms with Crippen molar-refractivity contribution in [3.05, 3.63) is 65.5 Å². The van der Waals surface area contributed by atoms with E-state index in [1.807, 2.05) is 43.3 Å². The molecule has 2 aromatic rings. The van der Waals surface area contributed by atoms with Crippen molar-refractivity contribution < 1.29 is 27.2 Å².